The Bertz CT molecular complexity index is 1130. The van der Waals surface area contributed by atoms with Gasteiger partial charge in [-0.1, -0.05) is 42.5 Å². The normalized spacial score (nSPS) is 15.5. The molecule has 0 unspecified atom stereocenters. The van der Waals surface area contributed by atoms with Crippen molar-refractivity contribution in [3.05, 3.63) is 65.7 Å². The number of sulfonamides is 2. The molecule has 33 heavy (non-hydrogen) atoms. The lowest BCUT2D eigenvalue weighted by atomic mass is 10.1. The Hall–Kier alpha value is -2.31. The Morgan fingerprint density at radius 1 is 0.970 bits per heavy atom. The third-order valence-electron chi connectivity index (χ3n) is 5.30. The largest absolute Gasteiger partial charge is 0.379 e. The predicted molar refractivity (Wildman–Crippen MR) is 124 cm³/mol. The Labute approximate surface area is 195 Å². The molecule has 1 amide bonds. The van der Waals surface area contributed by atoms with Crippen molar-refractivity contribution < 1.29 is 26.4 Å². The van der Waals surface area contributed by atoms with E-state index < -0.39 is 26.0 Å². The fourth-order valence-electron chi connectivity index (χ4n) is 3.39. The highest BCUT2D eigenvalue weighted by Crippen LogP contribution is 2.17. The third-order valence-corrected chi connectivity index (χ3v) is 8.47. The van der Waals surface area contributed by atoms with E-state index in [0.29, 0.717) is 38.3 Å². The van der Waals surface area contributed by atoms with Crippen molar-refractivity contribution in [1.82, 2.24) is 13.9 Å². The Morgan fingerprint density at radius 3 is 2.21 bits per heavy atom. The molecule has 0 spiro atoms. The number of morpholine rings is 1. The van der Waals surface area contributed by atoms with E-state index >= 15 is 0 Å². The lowest BCUT2D eigenvalue weighted by molar-refractivity contribution is -0.121. The second kappa shape index (κ2) is 11.2. The van der Waals surface area contributed by atoms with E-state index in [0.717, 1.165) is 16.1 Å². The highest BCUT2D eigenvalue weighted by molar-refractivity contribution is 7.89. The van der Waals surface area contributed by atoms with Crippen LogP contribution in [0.15, 0.2) is 59.5 Å². The van der Waals surface area contributed by atoms with Crippen LogP contribution in [-0.4, -0.2) is 77.0 Å². The summed E-state index contributed by atoms with van der Waals surface area (Å²) in [5.74, 6) is -0.432. The van der Waals surface area contributed by atoms with Crippen LogP contribution in [0.5, 0.6) is 0 Å². The molecule has 0 bridgehead atoms. The van der Waals surface area contributed by atoms with Gasteiger partial charge in [0, 0.05) is 26.2 Å². The lowest BCUT2D eigenvalue weighted by Crippen LogP contribution is -2.41. The smallest absolute Gasteiger partial charge is 0.243 e. The molecule has 1 saturated heterocycles. The van der Waals surface area contributed by atoms with E-state index in [1.165, 1.54) is 16.4 Å². The van der Waals surface area contributed by atoms with E-state index in [9.17, 15) is 21.6 Å². The van der Waals surface area contributed by atoms with E-state index in [1.807, 2.05) is 30.3 Å². The first-order chi connectivity index (χ1) is 15.7. The van der Waals surface area contributed by atoms with Crippen molar-refractivity contribution in [2.24, 2.45) is 0 Å². The number of hydrogen-bond acceptors (Lipinski definition) is 6. The number of hydrogen-bond donors (Lipinski definition) is 1. The molecule has 2 aromatic rings. The zero-order chi connectivity index (χ0) is 23.9. The summed E-state index contributed by atoms with van der Waals surface area (Å²) in [5, 5.41) is 2.70. The van der Waals surface area contributed by atoms with Crippen LogP contribution in [0.25, 0.3) is 0 Å². The highest BCUT2D eigenvalue weighted by Gasteiger charge is 2.26. The highest BCUT2D eigenvalue weighted by atomic mass is 32.2. The van der Waals surface area contributed by atoms with Gasteiger partial charge in [0.25, 0.3) is 0 Å². The Kier molecular flexibility index (Phi) is 8.60. The first-order valence-corrected chi connectivity index (χ1v) is 13.9. The van der Waals surface area contributed by atoms with Crippen molar-refractivity contribution in [3.8, 4) is 0 Å². The molecule has 1 aliphatic heterocycles. The number of amides is 1. The van der Waals surface area contributed by atoms with Crippen LogP contribution in [0.1, 0.15) is 11.1 Å². The zero-order valence-electron chi connectivity index (χ0n) is 18.5. The van der Waals surface area contributed by atoms with Gasteiger partial charge in [-0.05, 0) is 29.7 Å². The summed E-state index contributed by atoms with van der Waals surface area (Å²) in [6.07, 6.45) is 1.58. The minimum Gasteiger partial charge on any atom is -0.379 e. The minimum absolute atomic E-state index is 0.160. The second-order valence-corrected chi connectivity index (χ2v) is 11.7. The van der Waals surface area contributed by atoms with Crippen LogP contribution in [-0.2, 0) is 42.5 Å². The number of carbonyl (C=O) groups excluding carboxylic acids is 1. The average Bonchev–Trinajstić information content (AvgIpc) is 2.81. The van der Waals surface area contributed by atoms with Crippen molar-refractivity contribution in [1.29, 1.82) is 0 Å². The van der Waals surface area contributed by atoms with Gasteiger partial charge in [-0.3, -0.25) is 4.79 Å². The Morgan fingerprint density at radius 2 is 1.61 bits per heavy atom. The molecule has 180 valence electrons. The van der Waals surface area contributed by atoms with E-state index in [1.54, 1.807) is 12.1 Å². The van der Waals surface area contributed by atoms with Crippen molar-refractivity contribution in [2.75, 3.05) is 45.6 Å². The van der Waals surface area contributed by atoms with Gasteiger partial charge in [0.15, 0.2) is 0 Å². The van der Waals surface area contributed by atoms with Crippen LogP contribution >= 0.6 is 0 Å². The van der Waals surface area contributed by atoms with Gasteiger partial charge < -0.3 is 10.1 Å². The molecule has 0 saturated carbocycles. The maximum absolute atomic E-state index is 12.7. The molecule has 0 aromatic heterocycles. The van der Waals surface area contributed by atoms with E-state index in [4.69, 9.17) is 4.74 Å². The van der Waals surface area contributed by atoms with Crippen LogP contribution in [0.3, 0.4) is 0 Å². The number of carbonyl (C=O) groups is 1. The van der Waals surface area contributed by atoms with Crippen molar-refractivity contribution in [3.63, 3.8) is 0 Å². The van der Waals surface area contributed by atoms with Crippen LogP contribution in [0.2, 0.25) is 0 Å². The predicted octanol–water partition coefficient (Wildman–Crippen LogP) is 0.828. The first kappa shape index (κ1) is 25.3. The number of ether oxygens (including phenoxy) is 1. The van der Waals surface area contributed by atoms with Gasteiger partial charge in [0.05, 0.1) is 30.9 Å². The van der Waals surface area contributed by atoms with E-state index in [2.05, 4.69) is 5.32 Å². The molecule has 0 radical (unpaired) electrons. The van der Waals surface area contributed by atoms with Gasteiger partial charge >= 0.3 is 0 Å². The molecule has 1 aliphatic rings. The molecular weight excluding hydrogens is 466 g/mol. The topological polar surface area (TPSA) is 113 Å². The lowest BCUT2D eigenvalue weighted by Gasteiger charge is -2.26. The molecule has 11 heteroatoms. The minimum atomic E-state index is -3.58. The number of nitrogens with zero attached hydrogens (tertiary/aromatic N) is 2. The standard InChI is InChI=1S/C22H29N3O6S2/c1-32(27,28)25(12-11-19-5-3-2-4-6-19)18-22(26)23-17-20-7-9-21(10-8-20)33(29,30)24-13-15-31-16-14-24/h2-10H,11-18H2,1H3,(H,23,26). The summed E-state index contributed by atoms with van der Waals surface area (Å²) >= 11 is 0. The maximum atomic E-state index is 12.7. The molecule has 0 aliphatic carbocycles. The third kappa shape index (κ3) is 7.34. The Balaban J connectivity index is 1.54. The number of rotatable bonds is 10. The summed E-state index contributed by atoms with van der Waals surface area (Å²) in [7, 11) is -7.13. The van der Waals surface area contributed by atoms with Gasteiger partial charge in [0.1, 0.15) is 0 Å². The fraction of sp³-hybridized carbons (Fsp3) is 0.409. The summed E-state index contributed by atoms with van der Waals surface area (Å²) in [4.78, 5) is 12.6. The molecule has 2 aromatic carbocycles. The molecule has 1 fully saturated rings. The number of benzene rings is 2. The van der Waals surface area contributed by atoms with E-state index in [-0.39, 0.29) is 24.5 Å². The fourth-order valence-corrected chi connectivity index (χ4v) is 5.58. The van der Waals surface area contributed by atoms with Gasteiger partial charge in [-0.15, -0.1) is 0 Å². The molecule has 1 N–H and O–H groups in total. The van der Waals surface area contributed by atoms with Crippen LogP contribution < -0.4 is 5.32 Å². The second-order valence-electron chi connectivity index (χ2n) is 7.77. The quantitative estimate of drug-likeness (QED) is 0.522. The van der Waals surface area contributed by atoms with Gasteiger partial charge in [-0.25, -0.2) is 16.8 Å². The summed E-state index contributed by atoms with van der Waals surface area (Å²) in [6.45, 7) is 1.47. The summed E-state index contributed by atoms with van der Waals surface area (Å²) in [5.41, 5.74) is 1.69. The van der Waals surface area contributed by atoms with Crippen LogP contribution in [0.4, 0.5) is 0 Å². The molecular formula is C22H29N3O6S2. The zero-order valence-corrected chi connectivity index (χ0v) is 20.1. The maximum Gasteiger partial charge on any atom is 0.243 e. The molecule has 1 heterocycles. The molecule has 9 nitrogen and oxygen atoms in total. The van der Waals surface area contributed by atoms with Gasteiger partial charge in [-0.2, -0.15) is 8.61 Å². The molecule has 3 rings (SSSR count). The average molecular weight is 496 g/mol. The number of nitrogens with one attached hydrogen (secondary N) is 1. The molecule has 0 atom stereocenters. The SMILES string of the molecule is CS(=O)(=O)N(CCc1ccccc1)CC(=O)NCc1ccc(S(=O)(=O)N2CCOCC2)cc1. The van der Waals surface area contributed by atoms with Crippen LogP contribution in [0, 0.1) is 0 Å². The van der Waals surface area contributed by atoms with Crippen molar-refractivity contribution in [2.45, 2.75) is 17.9 Å². The first-order valence-electron chi connectivity index (χ1n) is 10.6. The summed E-state index contributed by atoms with van der Waals surface area (Å²) < 4.78 is 57.3. The summed E-state index contributed by atoms with van der Waals surface area (Å²) in [6, 6.07) is 15.7. The van der Waals surface area contributed by atoms with Crippen molar-refractivity contribution >= 4 is 26.0 Å². The monoisotopic (exact) mass is 495 g/mol. The van der Waals surface area contributed by atoms with Gasteiger partial charge in [0.2, 0.25) is 26.0 Å².